The minimum absolute atomic E-state index is 0.183. The summed E-state index contributed by atoms with van der Waals surface area (Å²) < 4.78 is 56.7. The summed E-state index contributed by atoms with van der Waals surface area (Å²) in [5, 5.41) is 2.93. The van der Waals surface area contributed by atoms with E-state index in [-0.39, 0.29) is 23.4 Å². The fraction of sp³-hybridized carbons (Fsp3) is 0.296. The Kier molecular flexibility index (Phi) is 7.33. The molecule has 0 radical (unpaired) electrons. The van der Waals surface area contributed by atoms with E-state index in [2.05, 4.69) is 5.32 Å². The van der Waals surface area contributed by atoms with Crippen LogP contribution in [0.2, 0.25) is 0 Å². The second-order valence-electron chi connectivity index (χ2n) is 9.00. The molecule has 0 aliphatic carbocycles. The van der Waals surface area contributed by atoms with Crippen molar-refractivity contribution in [2.45, 2.75) is 49.6 Å². The van der Waals surface area contributed by atoms with Gasteiger partial charge in [0.15, 0.2) is 0 Å². The monoisotopic (exact) mass is 498 g/mol. The zero-order chi connectivity index (χ0) is 25.2. The van der Waals surface area contributed by atoms with Crippen LogP contribution in [0, 0.1) is 18.6 Å². The van der Waals surface area contributed by atoms with Crippen molar-refractivity contribution in [1.29, 1.82) is 0 Å². The van der Waals surface area contributed by atoms with E-state index < -0.39 is 33.6 Å². The molecular weight excluding hydrogens is 470 g/mol. The lowest BCUT2D eigenvalue weighted by molar-refractivity contribution is -0.120. The van der Waals surface area contributed by atoms with Gasteiger partial charge in [0.05, 0.1) is 4.90 Å². The summed E-state index contributed by atoms with van der Waals surface area (Å²) in [6, 6.07) is 17.7. The Balaban J connectivity index is 1.84. The van der Waals surface area contributed by atoms with E-state index in [9.17, 15) is 22.0 Å². The third-order valence-corrected chi connectivity index (χ3v) is 8.41. The number of benzene rings is 3. The molecule has 1 saturated heterocycles. The lowest BCUT2D eigenvalue weighted by atomic mass is 9.80. The van der Waals surface area contributed by atoms with Crippen LogP contribution in [0.15, 0.2) is 77.7 Å². The predicted molar refractivity (Wildman–Crippen MR) is 130 cm³/mol. The number of nitrogens with zero attached hydrogens (tertiary/aromatic N) is 1. The van der Waals surface area contributed by atoms with Gasteiger partial charge in [0.1, 0.15) is 11.6 Å². The van der Waals surface area contributed by atoms with Gasteiger partial charge >= 0.3 is 0 Å². The van der Waals surface area contributed by atoms with Gasteiger partial charge in [0.2, 0.25) is 15.9 Å². The van der Waals surface area contributed by atoms with Crippen molar-refractivity contribution in [3.05, 3.63) is 101 Å². The topological polar surface area (TPSA) is 66.5 Å². The summed E-state index contributed by atoms with van der Waals surface area (Å²) >= 11 is 0. The van der Waals surface area contributed by atoms with Crippen molar-refractivity contribution in [2.75, 3.05) is 6.54 Å². The maximum atomic E-state index is 13.8. The first-order chi connectivity index (χ1) is 16.6. The van der Waals surface area contributed by atoms with E-state index in [4.69, 9.17) is 0 Å². The van der Waals surface area contributed by atoms with Crippen LogP contribution in [0.3, 0.4) is 0 Å². The Bertz CT molecular complexity index is 1230. The second kappa shape index (κ2) is 10.3. The molecule has 0 spiro atoms. The number of aryl methyl sites for hydroxylation is 1. The minimum atomic E-state index is -3.88. The Labute approximate surface area is 204 Å². The first-order valence-corrected chi connectivity index (χ1v) is 13.0. The number of carbonyl (C=O) groups excluding carboxylic acids is 1. The molecule has 8 heteroatoms. The molecule has 4 rings (SSSR count). The molecular formula is C27H28F2N2O3S. The summed E-state index contributed by atoms with van der Waals surface area (Å²) in [6.07, 6.45) is 0.810. The zero-order valence-corrected chi connectivity index (χ0v) is 20.4. The molecule has 1 N–H and O–H groups in total. The number of amides is 1. The molecule has 0 aromatic heterocycles. The fourth-order valence-electron chi connectivity index (χ4n) is 4.82. The van der Waals surface area contributed by atoms with Crippen LogP contribution < -0.4 is 5.32 Å². The molecule has 3 aromatic carbocycles. The van der Waals surface area contributed by atoms with Crippen LogP contribution in [-0.4, -0.2) is 37.3 Å². The lowest BCUT2D eigenvalue weighted by Gasteiger charge is -2.43. The van der Waals surface area contributed by atoms with E-state index in [0.717, 1.165) is 5.56 Å². The molecule has 1 fully saturated rings. The average molecular weight is 499 g/mol. The summed E-state index contributed by atoms with van der Waals surface area (Å²) in [7, 11) is -3.88. The van der Waals surface area contributed by atoms with Crippen LogP contribution in [0.25, 0.3) is 0 Å². The lowest BCUT2D eigenvalue weighted by Crippen LogP contribution is -2.53. The highest BCUT2D eigenvalue weighted by Crippen LogP contribution is 2.38. The van der Waals surface area contributed by atoms with E-state index in [1.54, 1.807) is 48.5 Å². The van der Waals surface area contributed by atoms with Crippen LogP contribution >= 0.6 is 0 Å². The predicted octanol–water partition coefficient (Wildman–Crippen LogP) is 4.76. The summed E-state index contributed by atoms with van der Waals surface area (Å²) in [6.45, 7) is 3.52. The Morgan fingerprint density at radius 3 is 1.91 bits per heavy atom. The number of rotatable bonds is 6. The number of halogens is 2. The van der Waals surface area contributed by atoms with Crippen LogP contribution in [0.4, 0.5) is 8.78 Å². The van der Waals surface area contributed by atoms with Crippen molar-refractivity contribution in [3.8, 4) is 0 Å². The van der Waals surface area contributed by atoms with Gasteiger partial charge in [-0.1, -0.05) is 42.0 Å². The van der Waals surface area contributed by atoms with Crippen molar-refractivity contribution >= 4 is 15.9 Å². The van der Waals surface area contributed by atoms with E-state index >= 15 is 0 Å². The highest BCUT2D eigenvalue weighted by molar-refractivity contribution is 7.89. The van der Waals surface area contributed by atoms with Crippen molar-refractivity contribution in [1.82, 2.24) is 9.62 Å². The van der Waals surface area contributed by atoms with Gasteiger partial charge in [-0.15, -0.1) is 0 Å². The zero-order valence-electron chi connectivity index (χ0n) is 19.6. The number of carbonyl (C=O) groups is 1. The van der Waals surface area contributed by atoms with Crippen LogP contribution in [-0.2, 0) is 14.8 Å². The largest absolute Gasteiger partial charge is 0.354 e. The third kappa shape index (κ3) is 5.60. The number of piperidine rings is 1. The molecule has 1 heterocycles. The van der Waals surface area contributed by atoms with Gasteiger partial charge in [0, 0.05) is 31.5 Å². The Morgan fingerprint density at radius 1 is 0.914 bits per heavy atom. The standard InChI is InChI=1S/C27H28F2N2O3S/c1-18-3-13-25(14-4-18)35(33,34)31-16-15-24(30-19(2)32)17-26(31)27(20-5-9-22(28)10-6-20)21-7-11-23(29)12-8-21/h3-14,24,26-27H,15-17H2,1-2H3,(H,30,32). The molecule has 184 valence electrons. The van der Waals surface area contributed by atoms with Gasteiger partial charge in [-0.25, -0.2) is 17.2 Å². The van der Waals surface area contributed by atoms with E-state index in [1.165, 1.54) is 35.5 Å². The first kappa shape index (κ1) is 25.0. The minimum Gasteiger partial charge on any atom is -0.354 e. The normalized spacial score (nSPS) is 19.0. The van der Waals surface area contributed by atoms with Crippen LogP contribution in [0.1, 0.15) is 42.4 Å². The van der Waals surface area contributed by atoms with Crippen molar-refractivity contribution in [3.63, 3.8) is 0 Å². The molecule has 2 atom stereocenters. The molecule has 5 nitrogen and oxygen atoms in total. The van der Waals surface area contributed by atoms with Crippen molar-refractivity contribution in [2.24, 2.45) is 0 Å². The second-order valence-corrected chi connectivity index (χ2v) is 10.9. The Morgan fingerprint density at radius 2 is 1.43 bits per heavy atom. The van der Waals surface area contributed by atoms with Crippen LogP contribution in [0.5, 0.6) is 0 Å². The number of sulfonamides is 1. The molecule has 35 heavy (non-hydrogen) atoms. The summed E-state index contributed by atoms with van der Waals surface area (Å²) in [5.41, 5.74) is 2.35. The summed E-state index contributed by atoms with van der Waals surface area (Å²) in [4.78, 5) is 12.0. The molecule has 0 bridgehead atoms. The molecule has 1 aliphatic rings. The maximum absolute atomic E-state index is 13.8. The summed E-state index contributed by atoms with van der Waals surface area (Å²) in [5.74, 6) is -1.51. The average Bonchev–Trinajstić information content (AvgIpc) is 2.82. The van der Waals surface area contributed by atoms with Gasteiger partial charge in [-0.2, -0.15) is 4.31 Å². The van der Waals surface area contributed by atoms with E-state index in [1.807, 2.05) is 6.92 Å². The highest BCUT2D eigenvalue weighted by atomic mass is 32.2. The van der Waals surface area contributed by atoms with Gasteiger partial charge in [0.25, 0.3) is 0 Å². The number of hydrogen-bond donors (Lipinski definition) is 1. The van der Waals surface area contributed by atoms with Gasteiger partial charge in [-0.3, -0.25) is 4.79 Å². The third-order valence-electron chi connectivity index (χ3n) is 6.47. The smallest absolute Gasteiger partial charge is 0.243 e. The first-order valence-electron chi connectivity index (χ1n) is 11.5. The van der Waals surface area contributed by atoms with Crippen molar-refractivity contribution < 1.29 is 22.0 Å². The fourth-order valence-corrected chi connectivity index (χ4v) is 6.48. The Hall–Kier alpha value is -3.10. The molecule has 2 unspecified atom stereocenters. The van der Waals surface area contributed by atoms with Gasteiger partial charge < -0.3 is 5.32 Å². The molecule has 1 amide bonds. The molecule has 1 aliphatic heterocycles. The number of hydrogen-bond acceptors (Lipinski definition) is 3. The quantitative estimate of drug-likeness (QED) is 0.533. The SMILES string of the molecule is CC(=O)NC1CCN(S(=O)(=O)c2ccc(C)cc2)C(C(c2ccc(F)cc2)c2ccc(F)cc2)C1. The van der Waals surface area contributed by atoms with Gasteiger partial charge in [-0.05, 0) is 67.3 Å². The highest BCUT2D eigenvalue weighted by Gasteiger charge is 2.42. The molecule has 3 aromatic rings. The maximum Gasteiger partial charge on any atom is 0.243 e. The number of nitrogens with one attached hydrogen (secondary N) is 1. The molecule has 0 saturated carbocycles. The van der Waals surface area contributed by atoms with E-state index in [0.29, 0.717) is 24.0 Å².